The number of hydrogen-bond donors (Lipinski definition) is 3. The van der Waals surface area contributed by atoms with Crippen LogP contribution in [0, 0.1) is 12.8 Å². The first-order valence-electron chi connectivity index (χ1n) is 12.3. The summed E-state index contributed by atoms with van der Waals surface area (Å²) in [6.45, 7) is 2.09. The molecule has 2 aromatic carbocycles. The summed E-state index contributed by atoms with van der Waals surface area (Å²) >= 11 is 0. The van der Waals surface area contributed by atoms with E-state index in [1.807, 2.05) is 30.3 Å². The molecule has 37 heavy (non-hydrogen) atoms. The number of fused-ring (bicyclic) bond motifs is 2. The van der Waals surface area contributed by atoms with E-state index in [9.17, 15) is 4.79 Å². The SMILES string of the molecule is Cc1cccc(-c2cccc3[nH]c(-c4n[nH]c5ccc(-c6cncc(NC(=O)C7CC7)c6)nc45)nc23)c1. The number of benzene rings is 2. The summed E-state index contributed by atoms with van der Waals surface area (Å²) in [6, 6.07) is 20.3. The van der Waals surface area contributed by atoms with Gasteiger partial charge in [-0.15, -0.1) is 0 Å². The first kappa shape index (κ1) is 21.4. The molecule has 0 bridgehead atoms. The second-order valence-corrected chi connectivity index (χ2v) is 9.55. The lowest BCUT2D eigenvalue weighted by Gasteiger charge is -2.06. The quantitative estimate of drug-likeness (QED) is 0.282. The van der Waals surface area contributed by atoms with E-state index in [1.165, 1.54) is 5.56 Å². The number of nitrogens with one attached hydrogen (secondary N) is 3. The highest BCUT2D eigenvalue weighted by Gasteiger charge is 2.29. The van der Waals surface area contributed by atoms with Gasteiger partial charge in [-0.3, -0.25) is 14.9 Å². The third kappa shape index (κ3) is 3.92. The number of amides is 1. The molecule has 0 radical (unpaired) electrons. The minimum Gasteiger partial charge on any atom is -0.336 e. The number of aromatic nitrogens is 6. The zero-order chi connectivity index (χ0) is 24.9. The topological polar surface area (TPSA) is 112 Å². The van der Waals surface area contributed by atoms with Gasteiger partial charge in [-0.05, 0) is 49.6 Å². The molecular formula is C29H23N7O. The Bertz CT molecular complexity index is 1810. The lowest BCUT2D eigenvalue weighted by atomic mass is 10.0. The summed E-state index contributed by atoms with van der Waals surface area (Å²) in [6.07, 6.45) is 5.31. The summed E-state index contributed by atoms with van der Waals surface area (Å²) in [5.41, 5.74) is 9.60. The fraction of sp³-hybridized carbons (Fsp3) is 0.138. The number of hydrogen-bond acceptors (Lipinski definition) is 5. The van der Waals surface area contributed by atoms with Gasteiger partial charge in [0.1, 0.15) is 5.52 Å². The van der Waals surface area contributed by atoms with Crippen LogP contribution in [0.4, 0.5) is 5.69 Å². The zero-order valence-corrected chi connectivity index (χ0v) is 20.1. The highest BCUT2D eigenvalue weighted by atomic mass is 16.2. The van der Waals surface area contributed by atoms with Gasteiger partial charge in [0.15, 0.2) is 11.5 Å². The number of aryl methyl sites for hydroxylation is 1. The molecule has 0 spiro atoms. The van der Waals surface area contributed by atoms with Crippen molar-refractivity contribution in [3.63, 3.8) is 0 Å². The van der Waals surface area contributed by atoms with Crippen LogP contribution in [0.5, 0.6) is 0 Å². The molecule has 1 aliphatic rings. The van der Waals surface area contributed by atoms with Gasteiger partial charge in [0.25, 0.3) is 0 Å². The van der Waals surface area contributed by atoms with Gasteiger partial charge < -0.3 is 10.3 Å². The van der Waals surface area contributed by atoms with Crippen LogP contribution < -0.4 is 5.32 Å². The molecule has 8 nitrogen and oxygen atoms in total. The molecule has 6 aromatic rings. The maximum Gasteiger partial charge on any atom is 0.227 e. The number of aromatic amines is 2. The Labute approximate surface area is 212 Å². The Morgan fingerprint density at radius 1 is 0.919 bits per heavy atom. The van der Waals surface area contributed by atoms with Crippen molar-refractivity contribution in [2.24, 2.45) is 5.92 Å². The van der Waals surface area contributed by atoms with E-state index in [1.54, 1.807) is 12.4 Å². The van der Waals surface area contributed by atoms with Gasteiger partial charge in [-0.1, -0.05) is 42.0 Å². The second kappa shape index (κ2) is 8.37. The monoisotopic (exact) mass is 485 g/mol. The number of H-pyrrole nitrogens is 2. The highest BCUT2D eigenvalue weighted by Crippen LogP contribution is 2.33. The summed E-state index contributed by atoms with van der Waals surface area (Å²) in [7, 11) is 0. The van der Waals surface area contributed by atoms with Crippen LogP contribution in [0.25, 0.3) is 56.0 Å². The lowest BCUT2D eigenvalue weighted by molar-refractivity contribution is -0.117. The van der Waals surface area contributed by atoms with Crippen molar-refractivity contribution >= 4 is 33.7 Å². The normalized spacial score (nSPS) is 13.3. The average molecular weight is 486 g/mol. The summed E-state index contributed by atoms with van der Waals surface area (Å²) < 4.78 is 0. The molecule has 0 aliphatic heterocycles. The van der Waals surface area contributed by atoms with Gasteiger partial charge in [0.05, 0.1) is 34.1 Å². The Balaban J connectivity index is 1.28. The molecule has 7 rings (SSSR count). The number of imidazole rings is 1. The predicted octanol–water partition coefficient (Wildman–Crippen LogP) is 5.89. The number of carbonyl (C=O) groups excluding carboxylic acids is 1. The number of anilines is 1. The third-order valence-corrected chi connectivity index (χ3v) is 6.72. The summed E-state index contributed by atoms with van der Waals surface area (Å²) in [5.74, 6) is 0.825. The number of rotatable bonds is 5. The minimum atomic E-state index is 0.0504. The van der Waals surface area contributed by atoms with Crippen LogP contribution in [-0.4, -0.2) is 36.0 Å². The molecule has 1 amide bonds. The van der Waals surface area contributed by atoms with Crippen LogP contribution in [0.1, 0.15) is 18.4 Å². The zero-order valence-electron chi connectivity index (χ0n) is 20.1. The molecule has 3 N–H and O–H groups in total. The van der Waals surface area contributed by atoms with Gasteiger partial charge >= 0.3 is 0 Å². The van der Waals surface area contributed by atoms with Crippen LogP contribution in [0.3, 0.4) is 0 Å². The average Bonchev–Trinajstić information content (AvgIpc) is 3.55. The van der Waals surface area contributed by atoms with E-state index in [0.717, 1.165) is 51.8 Å². The van der Waals surface area contributed by atoms with E-state index < -0.39 is 0 Å². The van der Waals surface area contributed by atoms with Crippen molar-refractivity contribution in [2.45, 2.75) is 19.8 Å². The first-order chi connectivity index (χ1) is 18.1. The standard InChI is InChI=1S/C29H23N7O/c1-16-4-2-5-18(12-16)21-6-3-7-23-25(21)34-28(33-23)27-26-24(35-36-27)11-10-22(32-26)19-13-20(15-30-14-19)31-29(37)17-8-9-17/h2-7,10-15,17H,8-9H2,1H3,(H,31,37)(H,33,34)(H,35,36). The van der Waals surface area contributed by atoms with Crippen molar-refractivity contribution in [1.82, 2.24) is 30.1 Å². The van der Waals surface area contributed by atoms with E-state index in [4.69, 9.17) is 9.97 Å². The molecule has 0 unspecified atom stereocenters. The Kier molecular flexibility index (Phi) is 4.85. The minimum absolute atomic E-state index is 0.0504. The van der Waals surface area contributed by atoms with Crippen LogP contribution in [-0.2, 0) is 4.79 Å². The molecule has 1 aliphatic carbocycles. The summed E-state index contributed by atoms with van der Waals surface area (Å²) in [4.78, 5) is 29.8. The van der Waals surface area contributed by atoms with E-state index in [-0.39, 0.29) is 11.8 Å². The first-order valence-corrected chi connectivity index (χ1v) is 12.3. The van der Waals surface area contributed by atoms with E-state index in [2.05, 4.69) is 62.7 Å². The molecule has 0 atom stereocenters. The smallest absolute Gasteiger partial charge is 0.227 e. The molecule has 4 aromatic heterocycles. The van der Waals surface area contributed by atoms with Crippen LogP contribution in [0.15, 0.2) is 73.1 Å². The van der Waals surface area contributed by atoms with Crippen molar-refractivity contribution in [3.8, 4) is 33.9 Å². The van der Waals surface area contributed by atoms with Crippen LogP contribution in [0.2, 0.25) is 0 Å². The van der Waals surface area contributed by atoms with Gasteiger partial charge in [-0.25, -0.2) is 9.97 Å². The van der Waals surface area contributed by atoms with Gasteiger partial charge in [-0.2, -0.15) is 5.10 Å². The van der Waals surface area contributed by atoms with E-state index >= 15 is 0 Å². The second-order valence-electron chi connectivity index (χ2n) is 9.55. The van der Waals surface area contributed by atoms with Crippen molar-refractivity contribution < 1.29 is 4.79 Å². The fourth-order valence-corrected chi connectivity index (χ4v) is 4.65. The lowest BCUT2D eigenvalue weighted by Crippen LogP contribution is -2.13. The molecule has 0 saturated heterocycles. The molecule has 4 heterocycles. The van der Waals surface area contributed by atoms with Gasteiger partial charge in [0.2, 0.25) is 5.91 Å². The molecule has 8 heteroatoms. The molecular weight excluding hydrogens is 462 g/mol. The number of para-hydroxylation sites is 1. The Morgan fingerprint density at radius 2 is 1.81 bits per heavy atom. The van der Waals surface area contributed by atoms with Crippen molar-refractivity contribution in [3.05, 3.63) is 78.6 Å². The molecule has 1 fully saturated rings. The Hall–Kier alpha value is -4.85. The van der Waals surface area contributed by atoms with E-state index in [0.29, 0.717) is 22.7 Å². The molecule has 180 valence electrons. The molecule has 1 saturated carbocycles. The largest absolute Gasteiger partial charge is 0.336 e. The predicted molar refractivity (Wildman–Crippen MR) is 144 cm³/mol. The van der Waals surface area contributed by atoms with Gasteiger partial charge in [0, 0.05) is 23.2 Å². The maximum atomic E-state index is 12.2. The number of nitrogens with zero attached hydrogens (tertiary/aromatic N) is 4. The number of carbonyl (C=O) groups is 1. The summed E-state index contributed by atoms with van der Waals surface area (Å²) in [5, 5.41) is 10.6. The number of pyridine rings is 2. The fourth-order valence-electron chi connectivity index (χ4n) is 4.65. The highest BCUT2D eigenvalue weighted by molar-refractivity contribution is 5.97. The third-order valence-electron chi connectivity index (χ3n) is 6.72. The van der Waals surface area contributed by atoms with Crippen LogP contribution >= 0.6 is 0 Å². The van der Waals surface area contributed by atoms with Crippen molar-refractivity contribution in [2.75, 3.05) is 5.32 Å². The Morgan fingerprint density at radius 3 is 2.68 bits per heavy atom. The van der Waals surface area contributed by atoms with Crippen molar-refractivity contribution in [1.29, 1.82) is 0 Å². The maximum absolute atomic E-state index is 12.2.